The van der Waals surface area contributed by atoms with Gasteiger partial charge in [-0.25, -0.2) is 4.99 Å². The van der Waals surface area contributed by atoms with Crippen LogP contribution in [0.2, 0.25) is 0 Å². The molecule has 0 heterocycles. The summed E-state index contributed by atoms with van der Waals surface area (Å²) < 4.78 is 5.21. The molecule has 0 unspecified atom stereocenters. The lowest BCUT2D eigenvalue weighted by Gasteiger charge is -2.12. The fraction of sp³-hybridized carbons (Fsp3) is 0.667. The molecular weight excluding hydrogens is 232 g/mol. The Hall–Kier alpha value is -1.56. The molecule has 0 aromatic heterocycles. The maximum atomic E-state index is 11.4. The number of hydrogen-bond acceptors (Lipinski definition) is 3. The van der Waals surface area contributed by atoms with Gasteiger partial charge < -0.3 is 20.3 Å². The van der Waals surface area contributed by atoms with Crippen molar-refractivity contribution >= 4 is 11.9 Å². The summed E-state index contributed by atoms with van der Waals surface area (Å²) in [5, 5.41) is 6.11. The van der Waals surface area contributed by atoms with Gasteiger partial charge in [0.2, 0.25) is 5.91 Å². The number of ether oxygens (including phenoxy) is 1. The van der Waals surface area contributed by atoms with Crippen molar-refractivity contribution in [3.05, 3.63) is 12.7 Å². The van der Waals surface area contributed by atoms with E-state index in [1.54, 1.807) is 20.2 Å². The lowest BCUT2D eigenvalue weighted by molar-refractivity contribution is -0.127. The second kappa shape index (κ2) is 10.6. The van der Waals surface area contributed by atoms with Crippen LogP contribution in [0.4, 0.5) is 0 Å². The molecule has 0 aliphatic rings. The molecule has 0 aliphatic heterocycles. The van der Waals surface area contributed by atoms with E-state index in [9.17, 15) is 4.79 Å². The normalized spacial score (nSPS) is 10.9. The molecule has 0 saturated heterocycles. The van der Waals surface area contributed by atoms with Gasteiger partial charge in [0.1, 0.15) is 6.54 Å². The number of aliphatic imine (C=N–C) groups is 1. The Labute approximate surface area is 109 Å². The van der Waals surface area contributed by atoms with Gasteiger partial charge in [-0.3, -0.25) is 4.79 Å². The lowest BCUT2D eigenvalue weighted by atomic mass is 10.5. The molecule has 0 spiro atoms. The maximum absolute atomic E-state index is 11.4. The first kappa shape index (κ1) is 16.4. The van der Waals surface area contributed by atoms with E-state index < -0.39 is 0 Å². The van der Waals surface area contributed by atoms with E-state index in [0.717, 1.165) is 0 Å². The summed E-state index contributed by atoms with van der Waals surface area (Å²) in [5.41, 5.74) is 0. The Balaban J connectivity index is 4.14. The summed E-state index contributed by atoms with van der Waals surface area (Å²) in [7, 11) is 3.41. The van der Waals surface area contributed by atoms with Crippen molar-refractivity contribution < 1.29 is 9.53 Å². The smallest absolute Gasteiger partial charge is 0.243 e. The SMILES string of the molecule is C=CCNC(=NCC(=O)N(C)C)NCCOCC. The lowest BCUT2D eigenvalue weighted by Crippen LogP contribution is -2.40. The van der Waals surface area contributed by atoms with E-state index in [2.05, 4.69) is 22.2 Å². The Bertz CT molecular complexity index is 277. The zero-order valence-corrected chi connectivity index (χ0v) is 11.5. The number of hydrogen-bond donors (Lipinski definition) is 2. The zero-order valence-electron chi connectivity index (χ0n) is 11.5. The van der Waals surface area contributed by atoms with Crippen LogP contribution in [0.5, 0.6) is 0 Å². The molecule has 0 aliphatic carbocycles. The highest BCUT2D eigenvalue weighted by Crippen LogP contribution is 1.81. The molecule has 6 nitrogen and oxygen atoms in total. The number of rotatable bonds is 8. The minimum atomic E-state index is -0.0421. The Morgan fingerprint density at radius 3 is 2.72 bits per heavy atom. The molecule has 6 heteroatoms. The van der Waals surface area contributed by atoms with Crippen molar-refractivity contribution in [3.63, 3.8) is 0 Å². The summed E-state index contributed by atoms with van der Waals surface area (Å²) in [4.78, 5) is 17.1. The molecular formula is C12H24N4O2. The molecule has 2 N–H and O–H groups in total. The van der Waals surface area contributed by atoms with Crippen LogP contribution in [-0.2, 0) is 9.53 Å². The zero-order chi connectivity index (χ0) is 13.8. The van der Waals surface area contributed by atoms with Crippen molar-refractivity contribution in [3.8, 4) is 0 Å². The Morgan fingerprint density at radius 1 is 1.44 bits per heavy atom. The van der Waals surface area contributed by atoms with E-state index in [-0.39, 0.29) is 12.5 Å². The molecule has 18 heavy (non-hydrogen) atoms. The molecule has 0 aromatic rings. The summed E-state index contributed by atoms with van der Waals surface area (Å²) in [6.45, 7) is 8.22. The van der Waals surface area contributed by atoms with Gasteiger partial charge in [-0.05, 0) is 6.92 Å². The van der Waals surface area contributed by atoms with Gasteiger partial charge in [0.05, 0.1) is 6.61 Å². The Morgan fingerprint density at radius 2 is 2.17 bits per heavy atom. The van der Waals surface area contributed by atoms with Gasteiger partial charge in [-0.2, -0.15) is 0 Å². The van der Waals surface area contributed by atoms with Crippen LogP contribution >= 0.6 is 0 Å². The molecule has 0 radical (unpaired) electrons. The van der Waals surface area contributed by atoms with Gasteiger partial charge in [0, 0.05) is 33.8 Å². The summed E-state index contributed by atoms with van der Waals surface area (Å²) in [6.07, 6.45) is 1.73. The number of nitrogens with one attached hydrogen (secondary N) is 2. The largest absolute Gasteiger partial charge is 0.380 e. The van der Waals surface area contributed by atoms with Crippen molar-refractivity contribution in [2.24, 2.45) is 4.99 Å². The maximum Gasteiger partial charge on any atom is 0.243 e. The molecule has 0 atom stereocenters. The molecule has 104 valence electrons. The van der Waals surface area contributed by atoms with Crippen LogP contribution in [-0.4, -0.2) is 63.7 Å². The minimum Gasteiger partial charge on any atom is -0.380 e. The first-order valence-corrected chi connectivity index (χ1v) is 6.02. The van der Waals surface area contributed by atoms with Crippen molar-refractivity contribution in [2.75, 3.05) is 46.9 Å². The van der Waals surface area contributed by atoms with Gasteiger partial charge in [-0.15, -0.1) is 6.58 Å². The summed E-state index contributed by atoms with van der Waals surface area (Å²) >= 11 is 0. The van der Waals surface area contributed by atoms with E-state index in [1.165, 1.54) is 4.90 Å². The van der Waals surface area contributed by atoms with E-state index in [1.807, 2.05) is 6.92 Å². The number of carbonyl (C=O) groups is 1. The van der Waals surface area contributed by atoms with Gasteiger partial charge >= 0.3 is 0 Å². The first-order chi connectivity index (χ1) is 8.61. The van der Waals surface area contributed by atoms with Gasteiger partial charge in [0.15, 0.2) is 5.96 Å². The average Bonchev–Trinajstić information content (AvgIpc) is 2.36. The van der Waals surface area contributed by atoms with Crippen LogP contribution in [0.1, 0.15) is 6.92 Å². The number of likely N-dealkylation sites (N-methyl/N-ethyl adjacent to an activating group) is 1. The van der Waals surface area contributed by atoms with Crippen LogP contribution in [0, 0.1) is 0 Å². The molecule has 1 amide bonds. The molecule has 0 aromatic carbocycles. The number of amides is 1. The predicted molar refractivity (Wildman–Crippen MR) is 73.7 cm³/mol. The topological polar surface area (TPSA) is 66.0 Å². The van der Waals surface area contributed by atoms with Crippen molar-refractivity contribution in [2.45, 2.75) is 6.92 Å². The third-order valence-corrected chi connectivity index (χ3v) is 2.03. The fourth-order valence-corrected chi connectivity index (χ4v) is 1.02. The minimum absolute atomic E-state index is 0.0421. The van der Waals surface area contributed by atoms with E-state index in [4.69, 9.17) is 4.74 Å². The van der Waals surface area contributed by atoms with Crippen molar-refractivity contribution in [1.82, 2.24) is 15.5 Å². The first-order valence-electron chi connectivity index (χ1n) is 6.02. The van der Waals surface area contributed by atoms with Crippen LogP contribution < -0.4 is 10.6 Å². The second-order valence-corrected chi connectivity index (χ2v) is 3.75. The van der Waals surface area contributed by atoms with Gasteiger partial charge in [0.25, 0.3) is 0 Å². The predicted octanol–water partition coefficient (Wildman–Crippen LogP) is -0.168. The van der Waals surface area contributed by atoms with Crippen LogP contribution in [0.3, 0.4) is 0 Å². The fourth-order valence-electron chi connectivity index (χ4n) is 1.02. The van der Waals surface area contributed by atoms with E-state index >= 15 is 0 Å². The van der Waals surface area contributed by atoms with Crippen molar-refractivity contribution in [1.29, 1.82) is 0 Å². The number of carbonyl (C=O) groups excluding carboxylic acids is 1. The standard InChI is InChI=1S/C12H24N4O2/c1-5-7-13-12(14-8-9-18-6-2)15-10-11(17)16(3)4/h5H,1,6-10H2,2-4H3,(H2,13,14,15). The molecule has 0 saturated carbocycles. The monoisotopic (exact) mass is 256 g/mol. The van der Waals surface area contributed by atoms with Crippen LogP contribution in [0.25, 0.3) is 0 Å². The highest BCUT2D eigenvalue weighted by Gasteiger charge is 2.03. The molecule has 0 rings (SSSR count). The molecule has 0 bridgehead atoms. The summed E-state index contributed by atoms with van der Waals surface area (Å²) in [5.74, 6) is 0.546. The molecule has 0 fully saturated rings. The number of nitrogens with zero attached hydrogens (tertiary/aromatic N) is 2. The third-order valence-electron chi connectivity index (χ3n) is 2.03. The number of guanidine groups is 1. The highest BCUT2D eigenvalue weighted by molar-refractivity contribution is 5.84. The Kier molecular flexibility index (Phi) is 9.67. The van der Waals surface area contributed by atoms with Crippen LogP contribution in [0.15, 0.2) is 17.6 Å². The third kappa shape index (κ3) is 8.58. The summed E-state index contributed by atoms with van der Waals surface area (Å²) in [6, 6.07) is 0. The quantitative estimate of drug-likeness (QED) is 0.274. The second-order valence-electron chi connectivity index (χ2n) is 3.75. The van der Waals surface area contributed by atoms with E-state index in [0.29, 0.717) is 32.3 Å². The highest BCUT2D eigenvalue weighted by atomic mass is 16.5. The average molecular weight is 256 g/mol. The van der Waals surface area contributed by atoms with Gasteiger partial charge in [-0.1, -0.05) is 6.08 Å².